The Morgan fingerprint density at radius 1 is 1.12 bits per heavy atom. The van der Waals surface area contributed by atoms with Gasteiger partial charge in [0, 0.05) is 12.0 Å². The third kappa shape index (κ3) is 5.16. The molecule has 1 heterocycles. The number of amides is 1. The van der Waals surface area contributed by atoms with Crippen molar-refractivity contribution in [3.05, 3.63) is 58.9 Å². The highest BCUT2D eigenvalue weighted by atomic mass is 32.2. The molecule has 6 nitrogen and oxygen atoms in total. The molecule has 1 aliphatic carbocycles. The topological polar surface area (TPSA) is 88.2 Å². The molecule has 32 heavy (non-hydrogen) atoms. The van der Waals surface area contributed by atoms with Crippen LogP contribution < -0.4 is 10.0 Å². The van der Waals surface area contributed by atoms with Gasteiger partial charge in [0.25, 0.3) is 0 Å². The van der Waals surface area contributed by atoms with Gasteiger partial charge in [-0.25, -0.2) is 22.5 Å². The van der Waals surface area contributed by atoms with Crippen LogP contribution in [0.4, 0.5) is 4.39 Å². The predicted molar refractivity (Wildman–Crippen MR) is 123 cm³/mol. The number of nitrogens with zero attached hydrogens (tertiary/aromatic N) is 1. The largest absolute Gasteiger partial charge is 0.349 e. The zero-order valence-electron chi connectivity index (χ0n) is 18.0. The van der Waals surface area contributed by atoms with E-state index in [0.717, 1.165) is 20.8 Å². The molecule has 2 N–H and O–H groups in total. The van der Waals surface area contributed by atoms with Crippen molar-refractivity contribution in [2.75, 3.05) is 0 Å². The molecule has 1 atom stereocenters. The minimum absolute atomic E-state index is 0.0471. The molecule has 0 radical (unpaired) electrons. The number of carbonyl (C=O) groups is 1. The summed E-state index contributed by atoms with van der Waals surface area (Å²) >= 11 is 1.47. The van der Waals surface area contributed by atoms with Gasteiger partial charge in [-0.3, -0.25) is 4.79 Å². The number of hydrogen-bond acceptors (Lipinski definition) is 5. The van der Waals surface area contributed by atoms with Crippen molar-refractivity contribution in [2.24, 2.45) is 5.92 Å². The number of fused-ring (bicyclic) bond motifs is 1. The maximum atomic E-state index is 13.1. The van der Waals surface area contributed by atoms with E-state index in [4.69, 9.17) is 0 Å². The number of thiazole rings is 1. The van der Waals surface area contributed by atoms with Crippen LogP contribution in [-0.2, 0) is 14.8 Å². The minimum Gasteiger partial charge on any atom is -0.349 e. The molecule has 0 bridgehead atoms. The molecule has 0 saturated heterocycles. The fourth-order valence-electron chi connectivity index (χ4n) is 4.11. The molecule has 0 unspecified atom stereocenters. The van der Waals surface area contributed by atoms with Crippen LogP contribution in [0.5, 0.6) is 0 Å². The van der Waals surface area contributed by atoms with Crippen molar-refractivity contribution in [3.63, 3.8) is 0 Å². The molecular formula is C23H26FN3O3S2. The number of rotatable bonds is 6. The van der Waals surface area contributed by atoms with Crippen LogP contribution in [0.25, 0.3) is 10.2 Å². The molecule has 1 saturated carbocycles. The Balaban J connectivity index is 1.32. The maximum absolute atomic E-state index is 13.1. The molecule has 2 aromatic carbocycles. The third-order valence-electron chi connectivity index (χ3n) is 5.93. The summed E-state index contributed by atoms with van der Waals surface area (Å²) in [6.07, 6.45) is 2.43. The first-order valence-corrected chi connectivity index (χ1v) is 13.0. The Bertz CT molecular complexity index is 1220. The van der Waals surface area contributed by atoms with Gasteiger partial charge in [-0.1, -0.05) is 12.1 Å². The second-order valence-corrected chi connectivity index (χ2v) is 11.3. The lowest BCUT2D eigenvalue weighted by atomic mass is 9.85. The molecule has 1 fully saturated rings. The molecule has 1 aliphatic rings. The monoisotopic (exact) mass is 475 g/mol. The zero-order valence-corrected chi connectivity index (χ0v) is 19.6. The van der Waals surface area contributed by atoms with Gasteiger partial charge in [-0.05, 0) is 75.4 Å². The summed E-state index contributed by atoms with van der Waals surface area (Å²) in [5, 5.41) is 3.88. The summed E-state index contributed by atoms with van der Waals surface area (Å²) in [6.45, 7) is 3.76. The third-order valence-corrected chi connectivity index (χ3v) is 8.38. The number of nitrogens with one attached hydrogen (secondary N) is 2. The molecule has 1 amide bonds. The average molecular weight is 476 g/mol. The SMILES string of the molecule is Cc1nc2ccc(S(=O)(=O)N[C@H]3CC[C@H](C(=O)N[C@H](C)c4ccc(F)cc4)CC3)cc2s1. The molecule has 9 heteroatoms. The lowest BCUT2D eigenvalue weighted by Crippen LogP contribution is -2.41. The molecule has 4 rings (SSSR count). The van der Waals surface area contributed by atoms with E-state index in [2.05, 4.69) is 15.0 Å². The van der Waals surface area contributed by atoms with Crippen LogP contribution in [0, 0.1) is 18.7 Å². The Morgan fingerprint density at radius 2 is 1.81 bits per heavy atom. The smallest absolute Gasteiger partial charge is 0.240 e. The second kappa shape index (κ2) is 9.25. The van der Waals surface area contributed by atoms with E-state index in [1.54, 1.807) is 30.3 Å². The quantitative estimate of drug-likeness (QED) is 0.551. The van der Waals surface area contributed by atoms with Gasteiger partial charge in [-0.15, -0.1) is 11.3 Å². The first-order valence-electron chi connectivity index (χ1n) is 10.7. The first-order chi connectivity index (χ1) is 15.2. The lowest BCUT2D eigenvalue weighted by Gasteiger charge is -2.29. The van der Waals surface area contributed by atoms with Gasteiger partial charge in [0.05, 0.1) is 26.2 Å². The summed E-state index contributed by atoms with van der Waals surface area (Å²) in [5.41, 5.74) is 1.64. The number of aryl methyl sites for hydroxylation is 1. The van der Waals surface area contributed by atoms with Crippen LogP contribution in [0.2, 0.25) is 0 Å². The zero-order chi connectivity index (χ0) is 22.9. The fourth-order valence-corrected chi connectivity index (χ4v) is 6.39. The summed E-state index contributed by atoms with van der Waals surface area (Å²) in [5.74, 6) is -0.514. The molecule has 1 aromatic heterocycles. The van der Waals surface area contributed by atoms with Crippen LogP contribution in [0.1, 0.15) is 49.2 Å². The first kappa shape index (κ1) is 22.8. The number of halogens is 1. The number of benzene rings is 2. The van der Waals surface area contributed by atoms with Crippen LogP contribution in [-0.4, -0.2) is 25.4 Å². The van der Waals surface area contributed by atoms with Crippen LogP contribution >= 0.6 is 11.3 Å². The van der Waals surface area contributed by atoms with Gasteiger partial charge >= 0.3 is 0 Å². The Labute approximate surface area is 191 Å². The number of sulfonamides is 1. The van der Waals surface area contributed by atoms with E-state index >= 15 is 0 Å². The summed E-state index contributed by atoms with van der Waals surface area (Å²) in [6, 6.07) is 10.6. The van der Waals surface area contributed by atoms with E-state index in [1.165, 1.54) is 23.5 Å². The van der Waals surface area contributed by atoms with E-state index in [1.807, 2.05) is 13.8 Å². The number of carbonyl (C=O) groups excluding carboxylic acids is 1. The highest BCUT2D eigenvalue weighted by Gasteiger charge is 2.30. The van der Waals surface area contributed by atoms with Crippen molar-refractivity contribution in [3.8, 4) is 0 Å². The second-order valence-electron chi connectivity index (χ2n) is 8.31. The lowest BCUT2D eigenvalue weighted by molar-refractivity contribution is -0.126. The minimum atomic E-state index is -3.64. The van der Waals surface area contributed by atoms with Crippen molar-refractivity contribution in [1.29, 1.82) is 0 Å². The number of hydrogen-bond donors (Lipinski definition) is 2. The van der Waals surface area contributed by atoms with E-state index < -0.39 is 10.0 Å². The summed E-state index contributed by atoms with van der Waals surface area (Å²) in [7, 11) is -3.64. The van der Waals surface area contributed by atoms with Crippen molar-refractivity contribution < 1.29 is 17.6 Å². The van der Waals surface area contributed by atoms with E-state index in [-0.39, 0.29) is 34.6 Å². The Kier molecular flexibility index (Phi) is 6.60. The molecule has 0 spiro atoms. The average Bonchev–Trinajstić information content (AvgIpc) is 3.13. The van der Waals surface area contributed by atoms with Gasteiger partial charge < -0.3 is 5.32 Å². The van der Waals surface area contributed by atoms with Gasteiger partial charge in [0.1, 0.15) is 5.82 Å². The molecule has 170 valence electrons. The molecular weight excluding hydrogens is 449 g/mol. The van der Waals surface area contributed by atoms with Crippen molar-refractivity contribution in [1.82, 2.24) is 15.0 Å². The predicted octanol–water partition coefficient (Wildman–Crippen LogP) is 4.46. The van der Waals surface area contributed by atoms with Gasteiger partial charge in [0.15, 0.2) is 0 Å². The van der Waals surface area contributed by atoms with Crippen molar-refractivity contribution in [2.45, 2.75) is 56.5 Å². The van der Waals surface area contributed by atoms with E-state index in [0.29, 0.717) is 25.7 Å². The highest BCUT2D eigenvalue weighted by molar-refractivity contribution is 7.89. The van der Waals surface area contributed by atoms with Crippen molar-refractivity contribution >= 4 is 37.5 Å². The van der Waals surface area contributed by atoms with Crippen LogP contribution in [0.15, 0.2) is 47.4 Å². The van der Waals surface area contributed by atoms with E-state index in [9.17, 15) is 17.6 Å². The summed E-state index contributed by atoms with van der Waals surface area (Å²) in [4.78, 5) is 17.3. The molecule has 0 aliphatic heterocycles. The van der Waals surface area contributed by atoms with Gasteiger partial charge in [0.2, 0.25) is 15.9 Å². The maximum Gasteiger partial charge on any atom is 0.240 e. The number of aromatic nitrogens is 1. The van der Waals surface area contributed by atoms with Gasteiger partial charge in [-0.2, -0.15) is 0 Å². The Hall–Kier alpha value is -2.36. The summed E-state index contributed by atoms with van der Waals surface area (Å²) < 4.78 is 42.5. The fraction of sp³-hybridized carbons (Fsp3) is 0.391. The van der Waals surface area contributed by atoms with Crippen LogP contribution in [0.3, 0.4) is 0 Å². The standard InChI is InChI=1S/C23H26FN3O3S2/c1-14(16-3-7-18(24)8-4-16)25-23(28)17-5-9-19(10-6-17)27-32(29,30)20-11-12-21-22(13-20)31-15(2)26-21/h3-4,7-8,11-14,17,19,27H,5-6,9-10H2,1-2H3,(H,25,28)/t14-,17-,19-/m1/s1. The molecule has 3 aromatic rings. The Morgan fingerprint density at radius 3 is 2.50 bits per heavy atom. The normalized spacial score (nSPS) is 20.2. The highest BCUT2D eigenvalue weighted by Crippen LogP contribution is 2.28.